The van der Waals surface area contributed by atoms with Crippen molar-refractivity contribution in [2.45, 2.75) is 25.4 Å². The van der Waals surface area contributed by atoms with Crippen molar-refractivity contribution in [1.82, 2.24) is 9.38 Å². The minimum atomic E-state index is -0.674. The summed E-state index contributed by atoms with van der Waals surface area (Å²) in [4.78, 5) is 16.3. The number of rotatable bonds is 5. The monoisotopic (exact) mass is 343 g/mol. The van der Waals surface area contributed by atoms with E-state index >= 15 is 0 Å². The minimum Gasteiger partial charge on any atom is -0.485 e. The van der Waals surface area contributed by atoms with Crippen LogP contribution in [0.2, 0.25) is 0 Å². The second kappa shape index (κ2) is 5.84. The third-order valence-corrected chi connectivity index (χ3v) is 4.27. The van der Waals surface area contributed by atoms with Gasteiger partial charge in [0.15, 0.2) is 11.4 Å². The van der Waals surface area contributed by atoms with E-state index in [2.05, 4.69) is 4.98 Å². The lowest BCUT2D eigenvalue weighted by molar-refractivity contribution is 0.0993. The van der Waals surface area contributed by atoms with E-state index < -0.39 is 17.5 Å². The molecule has 25 heavy (non-hydrogen) atoms. The van der Waals surface area contributed by atoms with Crippen LogP contribution in [0.3, 0.4) is 0 Å². The molecule has 0 spiro atoms. The number of carbonyl (C=O) groups is 1. The number of halogens is 2. The zero-order valence-corrected chi connectivity index (χ0v) is 13.2. The molecule has 128 valence electrons. The molecule has 1 aromatic carbocycles. The predicted octanol–water partition coefficient (Wildman–Crippen LogP) is 3.17. The molecule has 0 bridgehead atoms. The van der Waals surface area contributed by atoms with Gasteiger partial charge >= 0.3 is 0 Å². The normalized spacial score (nSPS) is 14.0. The number of amides is 1. The van der Waals surface area contributed by atoms with Gasteiger partial charge in [-0.25, -0.2) is 13.8 Å². The zero-order chi connectivity index (χ0) is 17.6. The number of pyridine rings is 1. The van der Waals surface area contributed by atoms with Gasteiger partial charge < -0.3 is 10.5 Å². The lowest BCUT2D eigenvalue weighted by atomic mass is 10.2. The van der Waals surface area contributed by atoms with Crippen LogP contribution in [0.1, 0.15) is 40.5 Å². The van der Waals surface area contributed by atoms with Crippen LogP contribution >= 0.6 is 0 Å². The van der Waals surface area contributed by atoms with Gasteiger partial charge in [0.1, 0.15) is 23.9 Å². The number of benzene rings is 1. The van der Waals surface area contributed by atoms with Crippen LogP contribution in [0.5, 0.6) is 5.75 Å². The van der Waals surface area contributed by atoms with E-state index in [1.54, 1.807) is 22.7 Å². The number of imidazole rings is 1. The van der Waals surface area contributed by atoms with E-state index in [9.17, 15) is 13.6 Å². The first-order chi connectivity index (χ1) is 12.1. The number of carbonyl (C=O) groups excluding carboxylic acids is 1. The molecular weight excluding hydrogens is 328 g/mol. The van der Waals surface area contributed by atoms with E-state index in [0.29, 0.717) is 22.8 Å². The van der Waals surface area contributed by atoms with Gasteiger partial charge in [-0.05, 0) is 37.1 Å². The number of fused-ring (bicyclic) bond motifs is 1. The largest absolute Gasteiger partial charge is 0.485 e. The highest BCUT2D eigenvalue weighted by Gasteiger charge is 2.32. The maximum Gasteiger partial charge on any atom is 0.267 e. The summed E-state index contributed by atoms with van der Waals surface area (Å²) in [6, 6.07) is 6.96. The lowest BCUT2D eigenvalue weighted by Crippen LogP contribution is -2.15. The average Bonchev–Trinajstić information content (AvgIpc) is 3.34. The van der Waals surface area contributed by atoms with Crippen molar-refractivity contribution < 1.29 is 18.3 Å². The fourth-order valence-corrected chi connectivity index (χ4v) is 2.88. The molecule has 2 heterocycles. The first-order valence-electron chi connectivity index (χ1n) is 7.92. The van der Waals surface area contributed by atoms with Gasteiger partial charge in [-0.2, -0.15) is 0 Å². The standard InChI is InChI=1S/C18H15F2N3O2/c19-12-3-1-4-13(20)11(12)9-25-14-5-2-8-23-16(17(21)24)15(10-6-7-10)22-18(14)23/h1-5,8,10H,6-7,9H2,(H2,21,24). The molecule has 7 heteroatoms. The Hall–Kier alpha value is -2.96. The van der Waals surface area contributed by atoms with Crippen molar-refractivity contribution in [3.63, 3.8) is 0 Å². The Labute approximate surface area is 142 Å². The number of aromatic nitrogens is 2. The fraction of sp³-hybridized carbons (Fsp3) is 0.222. The van der Waals surface area contributed by atoms with E-state index in [0.717, 1.165) is 12.8 Å². The number of ether oxygens (including phenoxy) is 1. The summed E-state index contributed by atoms with van der Waals surface area (Å²) in [5, 5.41) is 0. The molecule has 1 aliphatic carbocycles. The molecule has 0 radical (unpaired) electrons. The number of primary amides is 1. The average molecular weight is 343 g/mol. The molecule has 0 aliphatic heterocycles. The number of hydrogen-bond donors (Lipinski definition) is 1. The molecule has 1 amide bonds. The second-order valence-corrected chi connectivity index (χ2v) is 6.04. The van der Waals surface area contributed by atoms with E-state index in [-0.39, 0.29) is 18.1 Å². The Balaban J connectivity index is 1.73. The van der Waals surface area contributed by atoms with Gasteiger partial charge in [-0.3, -0.25) is 9.20 Å². The van der Waals surface area contributed by atoms with Gasteiger partial charge in [-0.15, -0.1) is 0 Å². The van der Waals surface area contributed by atoms with Crippen LogP contribution in [0.15, 0.2) is 36.5 Å². The van der Waals surface area contributed by atoms with Gasteiger partial charge in [0.25, 0.3) is 5.91 Å². The smallest absolute Gasteiger partial charge is 0.267 e. The van der Waals surface area contributed by atoms with Crippen LogP contribution in [0.25, 0.3) is 5.65 Å². The molecule has 2 N–H and O–H groups in total. The summed E-state index contributed by atoms with van der Waals surface area (Å²) in [6.45, 7) is -0.282. The Morgan fingerprint density at radius 1 is 1.24 bits per heavy atom. The van der Waals surface area contributed by atoms with E-state index in [1.807, 2.05) is 0 Å². The molecule has 3 aromatic rings. The summed E-state index contributed by atoms with van der Waals surface area (Å²) in [7, 11) is 0. The van der Waals surface area contributed by atoms with Crippen molar-refractivity contribution in [3.8, 4) is 5.75 Å². The van der Waals surface area contributed by atoms with Crippen molar-refractivity contribution in [2.75, 3.05) is 0 Å². The summed E-state index contributed by atoms with van der Waals surface area (Å²) in [6.07, 6.45) is 3.59. The van der Waals surface area contributed by atoms with E-state index in [4.69, 9.17) is 10.5 Å². The third kappa shape index (κ3) is 2.71. The highest BCUT2D eigenvalue weighted by atomic mass is 19.1. The maximum absolute atomic E-state index is 13.8. The molecule has 1 aliphatic rings. The molecular formula is C18H15F2N3O2. The Kier molecular flexibility index (Phi) is 3.63. The first kappa shape index (κ1) is 15.6. The zero-order valence-electron chi connectivity index (χ0n) is 13.2. The number of nitrogens with zero attached hydrogens (tertiary/aromatic N) is 2. The molecule has 1 saturated carbocycles. The maximum atomic E-state index is 13.8. The molecule has 5 nitrogen and oxygen atoms in total. The van der Waals surface area contributed by atoms with Gasteiger partial charge in [0, 0.05) is 12.1 Å². The molecule has 2 aromatic heterocycles. The topological polar surface area (TPSA) is 69.6 Å². The Morgan fingerprint density at radius 2 is 1.96 bits per heavy atom. The Morgan fingerprint density at radius 3 is 2.60 bits per heavy atom. The van der Waals surface area contributed by atoms with Crippen LogP contribution in [0.4, 0.5) is 8.78 Å². The summed E-state index contributed by atoms with van der Waals surface area (Å²) >= 11 is 0. The van der Waals surface area contributed by atoms with Crippen molar-refractivity contribution in [1.29, 1.82) is 0 Å². The SMILES string of the molecule is NC(=O)c1c(C2CC2)nc2c(OCc3c(F)cccc3F)cccn12. The Bertz CT molecular complexity index is 960. The van der Waals surface area contributed by atoms with Gasteiger partial charge in [0.2, 0.25) is 0 Å². The number of nitrogens with two attached hydrogens (primary N) is 1. The minimum absolute atomic E-state index is 0.159. The van der Waals surface area contributed by atoms with Gasteiger partial charge in [0.05, 0.1) is 11.3 Å². The predicted molar refractivity (Wildman–Crippen MR) is 86.4 cm³/mol. The van der Waals surface area contributed by atoms with Crippen LogP contribution < -0.4 is 10.5 Å². The van der Waals surface area contributed by atoms with Crippen molar-refractivity contribution >= 4 is 11.6 Å². The second-order valence-electron chi connectivity index (χ2n) is 6.04. The summed E-state index contributed by atoms with van der Waals surface area (Å²) in [5.41, 5.74) is 6.75. The fourth-order valence-electron chi connectivity index (χ4n) is 2.88. The molecule has 0 atom stereocenters. The highest BCUT2D eigenvalue weighted by Crippen LogP contribution is 2.42. The number of hydrogen-bond acceptors (Lipinski definition) is 3. The van der Waals surface area contributed by atoms with Crippen molar-refractivity contribution in [3.05, 3.63) is 65.1 Å². The van der Waals surface area contributed by atoms with E-state index in [1.165, 1.54) is 18.2 Å². The summed E-state index contributed by atoms with van der Waals surface area (Å²) < 4.78 is 34.7. The third-order valence-electron chi connectivity index (χ3n) is 4.27. The molecule has 0 saturated heterocycles. The van der Waals surface area contributed by atoms with Crippen molar-refractivity contribution in [2.24, 2.45) is 5.73 Å². The summed E-state index contributed by atoms with van der Waals surface area (Å²) in [5.74, 6) is -1.36. The van der Waals surface area contributed by atoms with Gasteiger partial charge in [-0.1, -0.05) is 6.07 Å². The quantitative estimate of drug-likeness (QED) is 0.774. The van der Waals surface area contributed by atoms with Crippen LogP contribution in [-0.2, 0) is 6.61 Å². The van der Waals surface area contributed by atoms with Crippen LogP contribution in [-0.4, -0.2) is 15.3 Å². The lowest BCUT2D eigenvalue weighted by Gasteiger charge is -2.09. The highest BCUT2D eigenvalue weighted by molar-refractivity contribution is 5.94. The molecule has 4 rings (SSSR count). The van der Waals surface area contributed by atoms with Crippen LogP contribution in [0, 0.1) is 11.6 Å². The molecule has 0 unspecified atom stereocenters. The molecule has 1 fully saturated rings. The first-order valence-corrected chi connectivity index (χ1v) is 7.92.